The van der Waals surface area contributed by atoms with Gasteiger partial charge in [0.15, 0.2) is 0 Å². The number of hydrogen-bond donors (Lipinski definition) is 2. The van der Waals surface area contributed by atoms with Gasteiger partial charge in [0, 0.05) is 14.2 Å². The molecule has 1 fully saturated rings. The molecule has 1 saturated heterocycles. The van der Waals surface area contributed by atoms with E-state index in [-0.39, 0.29) is 13.2 Å². The van der Waals surface area contributed by atoms with Crippen molar-refractivity contribution in [1.82, 2.24) is 0 Å². The van der Waals surface area contributed by atoms with Crippen LogP contribution in [0.5, 0.6) is 0 Å². The third-order valence-corrected chi connectivity index (χ3v) is 1.01. The average Bonchev–Trinajstić information content (AvgIpc) is 2.78. The minimum absolute atomic E-state index is 0.0278. The summed E-state index contributed by atoms with van der Waals surface area (Å²) in [6.45, 7) is 2.75. The van der Waals surface area contributed by atoms with Crippen LogP contribution in [0.4, 0.5) is 0 Å². The van der Waals surface area contributed by atoms with Gasteiger partial charge in [-0.25, -0.2) is 0 Å². The van der Waals surface area contributed by atoms with Gasteiger partial charge in [-0.15, -0.1) is 0 Å². The molecule has 0 aliphatic carbocycles. The maximum absolute atomic E-state index is 8.09. The highest BCUT2D eigenvalue weighted by Crippen LogP contribution is 1.85. The van der Waals surface area contributed by atoms with E-state index in [4.69, 9.17) is 19.7 Å². The third-order valence-electron chi connectivity index (χ3n) is 1.01. The number of aliphatic hydroxyl groups excluding tert-OH is 2. The lowest BCUT2D eigenvalue weighted by molar-refractivity contribution is 0.0650. The van der Waals surface area contributed by atoms with Gasteiger partial charge in [0.1, 0.15) is 6.79 Å². The Labute approximate surface area is 90.7 Å². The fraction of sp³-hybridized carbons (Fsp3) is 1.00. The largest absolute Gasteiger partial charge is 0.394 e. The summed E-state index contributed by atoms with van der Waals surface area (Å²) in [7, 11) is 3.25. The molecule has 0 spiro atoms. The first-order valence-electron chi connectivity index (χ1n) is 4.68. The molecular formula is C9H22O6. The van der Waals surface area contributed by atoms with Crippen molar-refractivity contribution in [2.24, 2.45) is 0 Å². The predicted octanol–water partition coefficient (Wildman–Crippen LogP) is -0.759. The lowest BCUT2D eigenvalue weighted by atomic mass is 10.7. The van der Waals surface area contributed by atoms with Gasteiger partial charge in [0.05, 0.1) is 39.6 Å². The molecule has 0 aromatic carbocycles. The van der Waals surface area contributed by atoms with Crippen LogP contribution in [0.1, 0.15) is 0 Å². The highest BCUT2D eigenvalue weighted by Gasteiger charge is 1.93. The number of methoxy groups -OCH3 is 1. The Bertz CT molecular complexity index is 75.1. The number of hydrogen-bond acceptors (Lipinski definition) is 6. The van der Waals surface area contributed by atoms with Crippen molar-refractivity contribution >= 4 is 0 Å². The molecule has 0 aromatic heterocycles. The summed E-state index contributed by atoms with van der Waals surface area (Å²) in [5.41, 5.74) is 0. The molecular weight excluding hydrogens is 204 g/mol. The Kier molecular flexibility index (Phi) is 22.1. The lowest BCUT2D eigenvalue weighted by Gasteiger charge is -1.94. The summed E-state index contributed by atoms with van der Waals surface area (Å²) < 4.78 is 18.3. The molecule has 0 amide bonds. The normalized spacial score (nSPS) is 13.6. The van der Waals surface area contributed by atoms with E-state index < -0.39 is 0 Å². The van der Waals surface area contributed by atoms with Crippen molar-refractivity contribution < 1.29 is 29.2 Å². The van der Waals surface area contributed by atoms with Gasteiger partial charge in [-0.05, 0) is 0 Å². The van der Waals surface area contributed by atoms with Crippen LogP contribution in [-0.4, -0.2) is 70.9 Å². The van der Waals surface area contributed by atoms with Crippen LogP contribution in [-0.2, 0) is 18.9 Å². The van der Waals surface area contributed by atoms with E-state index in [1.807, 2.05) is 0 Å². The van der Waals surface area contributed by atoms with Crippen molar-refractivity contribution in [1.29, 1.82) is 0 Å². The van der Waals surface area contributed by atoms with Crippen LogP contribution < -0.4 is 0 Å². The van der Waals surface area contributed by atoms with E-state index in [2.05, 4.69) is 9.47 Å². The highest BCUT2D eigenvalue weighted by atomic mass is 16.7. The zero-order chi connectivity index (χ0) is 11.8. The second-order valence-electron chi connectivity index (χ2n) is 2.40. The number of aliphatic hydroxyl groups is 2. The van der Waals surface area contributed by atoms with Crippen LogP contribution in [0.2, 0.25) is 0 Å². The Balaban J connectivity index is 0. The van der Waals surface area contributed by atoms with Crippen LogP contribution in [0, 0.1) is 0 Å². The second-order valence-corrected chi connectivity index (χ2v) is 2.40. The second kappa shape index (κ2) is 19.4. The molecule has 0 radical (unpaired) electrons. The van der Waals surface area contributed by atoms with Gasteiger partial charge in [0.25, 0.3) is 0 Å². The van der Waals surface area contributed by atoms with Crippen LogP contribution in [0.15, 0.2) is 0 Å². The molecule has 15 heavy (non-hydrogen) atoms. The highest BCUT2D eigenvalue weighted by molar-refractivity contribution is 4.28. The number of rotatable bonds is 4. The number of ether oxygens (including phenoxy) is 4. The summed E-state index contributed by atoms with van der Waals surface area (Å²) >= 11 is 0. The molecule has 0 bridgehead atoms. The standard InChI is InChI=1S/C4H10O3.C3H6O2.C2H6O/c5-1-3-7-4-2-6;1-2-5-3-4-1;1-3-2/h5-6H,1-4H2;1-3H2;1-2H3. The Morgan fingerprint density at radius 1 is 1.00 bits per heavy atom. The van der Waals surface area contributed by atoms with E-state index in [1.165, 1.54) is 0 Å². The average molecular weight is 226 g/mol. The molecule has 1 rings (SSSR count). The van der Waals surface area contributed by atoms with E-state index >= 15 is 0 Å². The van der Waals surface area contributed by atoms with E-state index in [0.717, 1.165) is 13.2 Å². The first kappa shape index (κ1) is 17.2. The third kappa shape index (κ3) is 24.8. The summed E-state index contributed by atoms with van der Waals surface area (Å²) in [5.74, 6) is 0. The van der Waals surface area contributed by atoms with Gasteiger partial charge in [0.2, 0.25) is 0 Å². The SMILES string of the molecule is C1COCO1.COC.OCCOCCO. The maximum atomic E-state index is 8.09. The molecule has 6 heteroatoms. The van der Waals surface area contributed by atoms with Crippen LogP contribution in [0.25, 0.3) is 0 Å². The first-order chi connectivity index (χ1) is 7.33. The minimum Gasteiger partial charge on any atom is -0.394 e. The zero-order valence-corrected chi connectivity index (χ0v) is 9.48. The van der Waals surface area contributed by atoms with E-state index in [1.54, 1.807) is 14.2 Å². The summed E-state index contributed by atoms with van der Waals surface area (Å²) in [6.07, 6.45) is 0. The van der Waals surface area contributed by atoms with Crippen molar-refractivity contribution in [3.63, 3.8) is 0 Å². The summed E-state index contributed by atoms with van der Waals surface area (Å²) in [4.78, 5) is 0. The summed E-state index contributed by atoms with van der Waals surface area (Å²) in [5, 5.41) is 16.2. The van der Waals surface area contributed by atoms with Crippen LogP contribution >= 0.6 is 0 Å². The summed E-state index contributed by atoms with van der Waals surface area (Å²) in [6, 6.07) is 0. The predicted molar refractivity (Wildman–Crippen MR) is 54.7 cm³/mol. The van der Waals surface area contributed by atoms with Crippen LogP contribution in [0.3, 0.4) is 0 Å². The van der Waals surface area contributed by atoms with Crippen molar-refractivity contribution in [2.45, 2.75) is 0 Å². The molecule has 2 N–H and O–H groups in total. The fourth-order valence-corrected chi connectivity index (χ4v) is 0.526. The molecule has 0 aromatic rings. The molecule has 1 aliphatic rings. The monoisotopic (exact) mass is 226 g/mol. The van der Waals surface area contributed by atoms with E-state index in [0.29, 0.717) is 20.0 Å². The molecule has 1 heterocycles. The first-order valence-corrected chi connectivity index (χ1v) is 4.68. The molecule has 0 unspecified atom stereocenters. The zero-order valence-electron chi connectivity index (χ0n) is 9.48. The van der Waals surface area contributed by atoms with Crippen molar-refractivity contribution in [3.8, 4) is 0 Å². The Morgan fingerprint density at radius 3 is 1.60 bits per heavy atom. The van der Waals surface area contributed by atoms with E-state index in [9.17, 15) is 0 Å². The molecule has 94 valence electrons. The van der Waals surface area contributed by atoms with Gasteiger partial charge < -0.3 is 29.2 Å². The van der Waals surface area contributed by atoms with Crippen molar-refractivity contribution in [2.75, 3.05) is 60.7 Å². The van der Waals surface area contributed by atoms with Gasteiger partial charge in [-0.1, -0.05) is 0 Å². The Hall–Kier alpha value is -0.240. The Morgan fingerprint density at radius 2 is 1.40 bits per heavy atom. The van der Waals surface area contributed by atoms with Gasteiger partial charge >= 0.3 is 0 Å². The maximum Gasteiger partial charge on any atom is 0.146 e. The molecule has 6 nitrogen and oxygen atoms in total. The minimum atomic E-state index is 0.0278. The fourth-order valence-electron chi connectivity index (χ4n) is 0.526. The quantitative estimate of drug-likeness (QED) is 0.614. The topological polar surface area (TPSA) is 77.4 Å². The molecule has 1 aliphatic heterocycles. The van der Waals surface area contributed by atoms with Crippen molar-refractivity contribution in [3.05, 3.63) is 0 Å². The lowest BCUT2D eigenvalue weighted by Crippen LogP contribution is -2.03. The molecule has 0 saturated carbocycles. The van der Waals surface area contributed by atoms with Gasteiger partial charge in [-0.3, -0.25) is 0 Å². The molecule has 0 atom stereocenters. The van der Waals surface area contributed by atoms with Gasteiger partial charge in [-0.2, -0.15) is 0 Å². The smallest absolute Gasteiger partial charge is 0.146 e.